The first-order valence-electron chi connectivity index (χ1n) is 12.5. The quantitative estimate of drug-likeness (QED) is 0.214. The Kier molecular flexibility index (Phi) is 7.47. The number of rotatable bonds is 7. The SMILES string of the molecule is Cc1c(C)n(Cc2ccc(-c3ccccc3C(=O)O)cc2)c2ccc(C(=O)NCc3ccc(Cl)c(Cl)c3)cc12. The average Bonchev–Trinajstić information content (AvgIpc) is 3.18. The number of nitrogens with one attached hydrogen (secondary N) is 1. The molecule has 39 heavy (non-hydrogen) atoms. The highest BCUT2D eigenvalue weighted by Crippen LogP contribution is 2.29. The number of halogens is 2. The second-order valence-corrected chi connectivity index (χ2v) is 10.3. The maximum absolute atomic E-state index is 12.9. The highest BCUT2D eigenvalue weighted by atomic mass is 35.5. The minimum Gasteiger partial charge on any atom is -0.478 e. The molecule has 1 heterocycles. The van der Waals surface area contributed by atoms with Crippen LogP contribution in [0.3, 0.4) is 0 Å². The number of carbonyl (C=O) groups excluding carboxylic acids is 1. The summed E-state index contributed by atoms with van der Waals surface area (Å²) in [5, 5.41) is 14.4. The second kappa shape index (κ2) is 11.0. The molecule has 1 aromatic heterocycles. The van der Waals surface area contributed by atoms with Crippen molar-refractivity contribution >= 4 is 46.0 Å². The Morgan fingerprint density at radius 1 is 0.846 bits per heavy atom. The largest absolute Gasteiger partial charge is 0.478 e. The molecule has 4 aromatic carbocycles. The molecule has 7 heteroatoms. The summed E-state index contributed by atoms with van der Waals surface area (Å²) in [6.45, 7) is 5.15. The molecule has 0 saturated heterocycles. The molecule has 5 rings (SSSR count). The lowest BCUT2D eigenvalue weighted by Gasteiger charge is -2.11. The minimum absolute atomic E-state index is 0.162. The Hall–Kier alpha value is -4.06. The number of benzene rings is 4. The number of hydrogen-bond acceptors (Lipinski definition) is 2. The predicted molar refractivity (Wildman–Crippen MR) is 157 cm³/mol. The molecule has 1 amide bonds. The molecule has 0 aliphatic rings. The van der Waals surface area contributed by atoms with Crippen molar-refractivity contribution in [3.8, 4) is 11.1 Å². The van der Waals surface area contributed by atoms with Gasteiger partial charge in [0.25, 0.3) is 5.91 Å². The first-order chi connectivity index (χ1) is 18.7. The summed E-state index contributed by atoms with van der Waals surface area (Å²) < 4.78 is 2.24. The molecule has 0 unspecified atom stereocenters. The molecule has 0 fully saturated rings. The molecular weight excluding hydrogens is 531 g/mol. The number of amides is 1. The Morgan fingerprint density at radius 2 is 1.56 bits per heavy atom. The van der Waals surface area contributed by atoms with Gasteiger partial charge in [0.1, 0.15) is 0 Å². The topological polar surface area (TPSA) is 71.3 Å². The van der Waals surface area contributed by atoms with Crippen LogP contribution < -0.4 is 5.32 Å². The van der Waals surface area contributed by atoms with Gasteiger partial charge < -0.3 is 15.0 Å². The van der Waals surface area contributed by atoms with E-state index in [0.717, 1.165) is 38.9 Å². The van der Waals surface area contributed by atoms with Crippen LogP contribution in [0.5, 0.6) is 0 Å². The monoisotopic (exact) mass is 556 g/mol. The van der Waals surface area contributed by atoms with Crippen LogP contribution in [0.2, 0.25) is 10.0 Å². The average molecular weight is 557 g/mol. The Bertz CT molecular complexity index is 1720. The Labute approximate surface area is 236 Å². The van der Waals surface area contributed by atoms with Gasteiger partial charge in [-0.3, -0.25) is 4.79 Å². The third kappa shape index (κ3) is 5.42. The molecule has 2 N–H and O–H groups in total. The van der Waals surface area contributed by atoms with Crippen molar-refractivity contribution in [1.29, 1.82) is 0 Å². The van der Waals surface area contributed by atoms with E-state index < -0.39 is 5.97 Å². The van der Waals surface area contributed by atoms with Crippen molar-refractivity contribution in [2.45, 2.75) is 26.9 Å². The number of carboxylic acids is 1. The Balaban J connectivity index is 1.36. The summed E-state index contributed by atoms with van der Waals surface area (Å²) in [6.07, 6.45) is 0. The number of carbonyl (C=O) groups is 2. The van der Waals surface area contributed by atoms with Gasteiger partial charge in [0.05, 0.1) is 15.6 Å². The molecule has 0 bridgehead atoms. The lowest BCUT2D eigenvalue weighted by Crippen LogP contribution is -2.22. The third-order valence-electron chi connectivity index (χ3n) is 7.10. The number of fused-ring (bicyclic) bond motifs is 1. The van der Waals surface area contributed by atoms with Gasteiger partial charge in [-0.2, -0.15) is 0 Å². The van der Waals surface area contributed by atoms with Gasteiger partial charge in [0, 0.05) is 35.2 Å². The number of aromatic nitrogens is 1. The molecule has 0 radical (unpaired) electrons. The van der Waals surface area contributed by atoms with Gasteiger partial charge in [-0.05, 0) is 78.1 Å². The molecule has 196 valence electrons. The number of carboxylic acid groups (broad SMARTS) is 1. The number of aryl methyl sites for hydroxylation is 1. The summed E-state index contributed by atoms with van der Waals surface area (Å²) in [5.74, 6) is -1.10. The first kappa shape index (κ1) is 26.5. The van der Waals surface area contributed by atoms with Gasteiger partial charge in [-0.25, -0.2) is 4.79 Å². The van der Waals surface area contributed by atoms with Gasteiger partial charge in [-0.15, -0.1) is 0 Å². The molecule has 0 spiro atoms. The van der Waals surface area contributed by atoms with E-state index in [1.54, 1.807) is 24.3 Å². The van der Waals surface area contributed by atoms with Crippen LogP contribution in [-0.2, 0) is 13.1 Å². The van der Waals surface area contributed by atoms with E-state index in [4.69, 9.17) is 23.2 Å². The van der Waals surface area contributed by atoms with Crippen LogP contribution in [-0.4, -0.2) is 21.6 Å². The maximum Gasteiger partial charge on any atom is 0.336 e. The molecule has 5 aromatic rings. The predicted octanol–water partition coefficient (Wildman–Crippen LogP) is 7.91. The summed E-state index contributed by atoms with van der Waals surface area (Å²) in [4.78, 5) is 24.5. The number of hydrogen-bond donors (Lipinski definition) is 2. The standard InChI is InChI=1S/C32H26Cl2N2O3/c1-19-20(2)36(18-21-7-10-23(11-8-21)25-5-3-4-6-26(25)32(38)39)30-14-12-24(16-27(19)30)31(37)35-17-22-9-13-28(33)29(34)15-22/h3-16H,17-18H2,1-2H3,(H,35,37)(H,38,39). The molecule has 0 aliphatic carbocycles. The van der Waals surface area contributed by atoms with E-state index in [1.165, 1.54) is 0 Å². The fourth-order valence-corrected chi connectivity index (χ4v) is 5.14. The van der Waals surface area contributed by atoms with Crippen LogP contribution in [0, 0.1) is 13.8 Å². The van der Waals surface area contributed by atoms with E-state index in [9.17, 15) is 14.7 Å². The lowest BCUT2D eigenvalue weighted by molar-refractivity contribution is 0.0697. The van der Waals surface area contributed by atoms with Crippen molar-refractivity contribution in [2.24, 2.45) is 0 Å². The molecule has 0 aliphatic heterocycles. The lowest BCUT2D eigenvalue weighted by atomic mass is 9.99. The zero-order valence-corrected chi connectivity index (χ0v) is 23.0. The van der Waals surface area contributed by atoms with Crippen LogP contribution in [0.25, 0.3) is 22.0 Å². The van der Waals surface area contributed by atoms with E-state index in [-0.39, 0.29) is 11.5 Å². The van der Waals surface area contributed by atoms with Gasteiger partial charge in [0.15, 0.2) is 0 Å². The smallest absolute Gasteiger partial charge is 0.336 e. The zero-order chi connectivity index (χ0) is 27.7. The summed E-state index contributed by atoms with van der Waals surface area (Å²) in [7, 11) is 0. The van der Waals surface area contributed by atoms with Crippen LogP contribution >= 0.6 is 23.2 Å². The number of nitrogens with zero attached hydrogens (tertiary/aromatic N) is 1. The molecular formula is C32H26Cl2N2O3. The maximum atomic E-state index is 12.9. The molecule has 5 nitrogen and oxygen atoms in total. The van der Waals surface area contributed by atoms with Crippen LogP contribution in [0.4, 0.5) is 0 Å². The van der Waals surface area contributed by atoms with Crippen LogP contribution in [0.15, 0.2) is 84.9 Å². The van der Waals surface area contributed by atoms with E-state index in [2.05, 4.69) is 23.7 Å². The van der Waals surface area contributed by atoms with E-state index >= 15 is 0 Å². The fraction of sp³-hybridized carbons (Fsp3) is 0.125. The van der Waals surface area contributed by atoms with Crippen molar-refractivity contribution in [3.05, 3.63) is 128 Å². The molecule has 0 saturated carbocycles. The fourth-order valence-electron chi connectivity index (χ4n) is 4.82. The second-order valence-electron chi connectivity index (χ2n) is 9.51. The van der Waals surface area contributed by atoms with Gasteiger partial charge >= 0.3 is 5.97 Å². The van der Waals surface area contributed by atoms with E-state index in [0.29, 0.717) is 34.3 Å². The van der Waals surface area contributed by atoms with Crippen molar-refractivity contribution in [1.82, 2.24) is 9.88 Å². The minimum atomic E-state index is -0.943. The normalized spacial score (nSPS) is 11.1. The van der Waals surface area contributed by atoms with Crippen molar-refractivity contribution < 1.29 is 14.7 Å². The zero-order valence-electron chi connectivity index (χ0n) is 21.5. The van der Waals surface area contributed by atoms with E-state index in [1.807, 2.05) is 60.7 Å². The first-order valence-corrected chi connectivity index (χ1v) is 13.2. The Morgan fingerprint density at radius 3 is 2.28 bits per heavy atom. The molecule has 0 atom stereocenters. The van der Waals surface area contributed by atoms with Gasteiger partial charge in [0.2, 0.25) is 0 Å². The highest BCUT2D eigenvalue weighted by molar-refractivity contribution is 6.42. The summed E-state index contributed by atoms with van der Waals surface area (Å²) in [6, 6.07) is 26.1. The third-order valence-corrected chi connectivity index (χ3v) is 7.84. The highest BCUT2D eigenvalue weighted by Gasteiger charge is 2.15. The number of aromatic carboxylic acids is 1. The van der Waals surface area contributed by atoms with Crippen LogP contribution in [0.1, 0.15) is 43.1 Å². The summed E-state index contributed by atoms with van der Waals surface area (Å²) in [5.41, 5.74) is 7.68. The summed E-state index contributed by atoms with van der Waals surface area (Å²) >= 11 is 12.1. The van der Waals surface area contributed by atoms with Gasteiger partial charge in [-0.1, -0.05) is 71.7 Å². The van der Waals surface area contributed by atoms with Crippen molar-refractivity contribution in [3.63, 3.8) is 0 Å². The van der Waals surface area contributed by atoms with Crippen molar-refractivity contribution in [2.75, 3.05) is 0 Å².